The summed E-state index contributed by atoms with van der Waals surface area (Å²) >= 11 is 0. The highest BCUT2D eigenvalue weighted by Gasteiger charge is 2.19. The Balaban J connectivity index is 2.36. The molecule has 0 bridgehead atoms. The van der Waals surface area contributed by atoms with Crippen LogP contribution in [0, 0.1) is 28.8 Å². The molecule has 20 heavy (non-hydrogen) atoms. The summed E-state index contributed by atoms with van der Waals surface area (Å²) < 4.78 is 45.9. The zero-order valence-electron chi connectivity index (χ0n) is 10.5. The van der Waals surface area contributed by atoms with E-state index >= 15 is 0 Å². The summed E-state index contributed by atoms with van der Waals surface area (Å²) in [5.41, 5.74) is -0.559. The van der Waals surface area contributed by atoms with Crippen molar-refractivity contribution in [3.8, 4) is 11.8 Å². The summed E-state index contributed by atoms with van der Waals surface area (Å²) in [4.78, 5) is 0. The van der Waals surface area contributed by atoms with Crippen LogP contribution in [0.25, 0.3) is 0 Å². The van der Waals surface area contributed by atoms with Crippen LogP contribution < -0.4 is 4.74 Å². The van der Waals surface area contributed by atoms with Gasteiger partial charge in [-0.25, -0.2) is 13.2 Å². The van der Waals surface area contributed by atoms with Crippen LogP contribution in [-0.2, 0) is 0 Å². The fourth-order valence-electron chi connectivity index (χ4n) is 1.86. The van der Waals surface area contributed by atoms with Crippen molar-refractivity contribution in [3.05, 3.63) is 65.0 Å². The van der Waals surface area contributed by atoms with Crippen LogP contribution in [0.2, 0.25) is 0 Å². The van der Waals surface area contributed by atoms with Gasteiger partial charge >= 0.3 is 0 Å². The molecular formula is C15H10F3NO. The minimum Gasteiger partial charge on any atom is -0.484 e. The van der Waals surface area contributed by atoms with Gasteiger partial charge in [0.1, 0.15) is 40.9 Å². The molecule has 0 N–H and O–H groups in total. The van der Waals surface area contributed by atoms with Gasteiger partial charge in [-0.1, -0.05) is 12.1 Å². The van der Waals surface area contributed by atoms with Gasteiger partial charge in [0.15, 0.2) is 0 Å². The van der Waals surface area contributed by atoms with E-state index in [1.807, 2.05) is 0 Å². The lowest BCUT2D eigenvalue weighted by Crippen LogP contribution is -2.09. The lowest BCUT2D eigenvalue weighted by atomic mass is 10.1. The molecule has 1 unspecified atom stereocenters. The molecule has 0 saturated heterocycles. The molecule has 0 fully saturated rings. The first-order chi connectivity index (χ1) is 9.54. The van der Waals surface area contributed by atoms with E-state index in [0.29, 0.717) is 0 Å². The van der Waals surface area contributed by atoms with E-state index in [1.54, 1.807) is 6.07 Å². The molecule has 2 aromatic carbocycles. The van der Waals surface area contributed by atoms with Crippen molar-refractivity contribution in [1.82, 2.24) is 0 Å². The van der Waals surface area contributed by atoms with E-state index in [0.717, 1.165) is 18.2 Å². The number of ether oxygens (including phenoxy) is 1. The summed E-state index contributed by atoms with van der Waals surface area (Å²) in [6.07, 6.45) is -0.995. The Bertz CT molecular complexity index is 659. The van der Waals surface area contributed by atoms with Gasteiger partial charge in [-0.05, 0) is 31.2 Å². The van der Waals surface area contributed by atoms with Gasteiger partial charge in [0.25, 0.3) is 0 Å². The highest BCUT2D eigenvalue weighted by Crippen LogP contribution is 2.28. The summed E-state index contributed by atoms with van der Waals surface area (Å²) in [6.45, 7) is 1.42. The Morgan fingerprint density at radius 2 is 1.55 bits per heavy atom. The second-order valence-electron chi connectivity index (χ2n) is 4.12. The molecule has 0 spiro atoms. The number of nitriles is 1. The number of halogens is 3. The third-order valence-electron chi connectivity index (χ3n) is 2.80. The van der Waals surface area contributed by atoms with Gasteiger partial charge in [-0.15, -0.1) is 0 Å². The Hall–Kier alpha value is -2.48. The molecule has 5 heteroatoms. The molecule has 0 aliphatic heterocycles. The van der Waals surface area contributed by atoms with E-state index in [9.17, 15) is 13.2 Å². The molecule has 0 radical (unpaired) electrons. The second kappa shape index (κ2) is 5.66. The molecule has 0 saturated carbocycles. The van der Waals surface area contributed by atoms with Crippen LogP contribution >= 0.6 is 0 Å². The fraction of sp³-hybridized carbons (Fsp3) is 0.133. The van der Waals surface area contributed by atoms with Crippen LogP contribution in [0.4, 0.5) is 13.2 Å². The van der Waals surface area contributed by atoms with Crippen molar-refractivity contribution in [1.29, 1.82) is 5.26 Å². The fourth-order valence-corrected chi connectivity index (χ4v) is 1.86. The van der Waals surface area contributed by atoms with Crippen LogP contribution in [0.1, 0.15) is 24.2 Å². The lowest BCUT2D eigenvalue weighted by Gasteiger charge is -2.17. The van der Waals surface area contributed by atoms with E-state index < -0.39 is 23.6 Å². The largest absolute Gasteiger partial charge is 0.484 e. The zero-order chi connectivity index (χ0) is 14.7. The monoisotopic (exact) mass is 277 g/mol. The molecule has 0 aliphatic carbocycles. The van der Waals surface area contributed by atoms with E-state index in [-0.39, 0.29) is 16.9 Å². The van der Waals surface area contributed by atoms with Gasteiger partial charge < -0.3 is 4.74 Å². The minimum absolute atomic E-state index is 0.0531. The minimum atomic E-state index is -0.995. The maximum absolute atomic E-state index is 13.6. The van der Waals surface area contributed by atoms with Crippen LogP contribution in [-0.4, -0.2) is 0 Å². The molecule has 2 nitrogen and oxygen atoms in total. The quantitative estimate of drug-likeness (QED) is 0.845. The van der Waals surface area contributed by atoms with Crippen molar-refractivity contribution < 1.29 is 17.9 Å². The Kier molecular flexibility index (Phi) is 3.94. The van der Waals surface area contributed by atoms with Gasteiger partial charge in [0.05, 0.1) is 5.56 Å². The van der Waals surface area contributed by atoms with Crippen molar-refractivity contribution in [2.24, 2.45) is 0 Å². The number of benzene rings is 2. The first-order valence-corrected chi connectivity index (χ1v) is 5.83. The third-order valence-corrected chi connectivity index (χ3v) is 2.80. The summed E-state index contributed by atoms with van der Waals surface area (Å²) in [7, 11) is 0. The Morgan fingerprint density at radius 1 is 1.00 bits per heavy atom. The standard InChI is InChI=1S/C15H10F3NO/c1-9(15-12(17)5-2-6-13(15)18)20-14-7-3-4-11(16)10(14)8-19/h2-7,9H,1H3. The molecule has 2 rings (SSSR count). The van der Waals surface area contributed by atoms with Crippen molar-refractivity contribution in [2.75, 3.05) is 0 Å². The zero-order valence-corrected chi connectivity index (χ0v) is 10.5. The summed E-state index contributed by atoms with van der Waals surface area (Å²) in [5, 5.41) is 8.87. The number of hydrogen-bond donors (Lipinski definition) is 0. The van der Waals surface area contributed by atoms with Crippen molar-refractivity contribution in [3.63, 3.8) is 0 Å². The molecule has 0 heterocycles. The SMILES string of the molecule is CC(Oc1cccc(F)c1C#N)c1c(F)cccc1F. The van der Waals surface area contributed by atoms with Gasteiger partial charge in [-0.3, -0.25) is 0 Å². The van der Waals surface area contributed by atoms with Crippen LogP contribution in [0.3, 0.4) is 0 Å². The number of rotatable bonds is 3. The maximum Gasteiger partial charge on any atom is 0.144 e. The average molecular weight is 277 g/mol. The van der Waals surface area contributed by atoms with Gasteiger partial charge in [0.2, 0.25) is 0 Å². The van der Waals surface area contributed by atoms with E-state index in [1.165, 1.54) is 25.1 Å². The Labute approximate surface area is 114 Å². The number of nitrogens with zero attached hydrogens (tertiary/aromatic N) is 1. The Morgan fingerprint density at radius 3 is 2.15 bits per heavy atom. The maximum atomic E-state index is 13.6. The highest BCUT2D eigenvalue weighted by atomic mass is 19.1. The lowest BCUT2D eigenvalue weighted by molar-refractivity contribution is 0.214. The first-order valence-electron chi connectivity index (χ1n) is 5.83. The highest BCUT2D eigenvalue weighted by molar-refractivity contribution is 5.44. The predicted molar refractivity (Wildman–Crippen MR) is 66.5 cm³/mol. The van der Waals surface area contributed by atoms with Crippen molar-refractivity contribution in [2.45, 2.75) is 13.0 Å². The van der Waals surface area contributed by atoms with E-state index in [4.69, 9.17) is 10.00 Å². The predicted octanol–water partition coefficient (Wildman–Crippen LogP) is 4.12. The summed E-state index contributed by atoms with van der Waals surface area (Å²) in [6, 6.07) is 8.95. The van der Waals surface area contributed by atoms with Crippen molar-refractivity contribution >= 4 is 0 Å². The van der Waals surface area contributed by atoms with Crippen LogP contribution in [0.5, 0.6) is 5.75 Å². The normalized spacial score (nSPS) is 11.8. The molecule has 102 valence electrons. The smallest absolute Gasteiger partial charge is 0.144 e. The number of hydrogen-bond acceptors (Lipinski definition) is 2. The molecule has 0 aromatic heterocycles. The topological polar surface area (TPSA) is 33.0 Å². The first kappa shape index (κ1) is 13.9. The third kappa shape index (κ3) is 2.59. The molecule has 0 aliphatic rings. The molecule has 1 atom stereocenters. The molecule has 0 amide bonds. The average Bonchev–Trinajstić information content (AvgIpc) is 2.38. The van der Waals surface area contributed by atoms with Gasteiger partial charge in [0, 0.05) is 0 Å². The molecule has 2 aromatic rings. The van der Waals surface area contributed by atoms with Gasteiger partial charge in [-0.2, -0.15) is 5.26 Å². The summed E-state index contributed by atoms with van der Waals surface area (Å²) in [5.74, 6) is -2.31. The van der Waals surface area contributed by atoms with Crippen LogP contribution in [0.15, 0.2) is 36.4 Å². The second-order valence-corrected chi connectivity index (χ2v) is 4.12. The molecular weight excluding hydrogens is 267 g/mol. The van der Waals surface area contributed by atoms with E-state index in [2.05, 4.69) is 0 Å².